The smallest absolute Gasteiger partial charge is 0.319 e. The van der Waals surface area contributed by atoms with Crippen molar-refractivity contribution in [2.75, 3.05) is 5.32 Å². The third-order valence-electron chi connectivity index (χ3n) is 4.19. The number of rotatable bonds is 6. The topological polar surface area (TPSA) is 81.1 Å². The van der Waals surface area contributed by atoms with E-state index in [4.69, 9.17) is 4.74 Å². The van der Waals surface area contributed by atoms with Crippen molar-refractivity contribution in [3.05, 3.63) is 96.7 Å². The number of nitrogens with zero attached hydrogens (tertiary/aromatic N) is 3. The highest BCUT2D eigenvalue weighted by molar-refractivity contribution is 5.88. The van der Waals surface area contributed by atoms with Gasteiger partial charge in [-0.3, -0.25) is 0 Å². The molecule has 0 aliphatic carbocycles. The molecule has 30 heavy (non-hydrogen) atoms. The van der Waals surface area contributed by atoms with Crippen LogP contribution in [0.1, 0.15) is 5.56 Å². The van der Waals surface area contributed by atoms with Gasteiger partial charge in [0.1, 0.15) is 11.6 Å². The lowest BCUT2D eigenvalue weighted by Gasteiger charge is -2.09. The number of nitrogens with one attached hydrogen (secondary N) is 2. The summed E-state index contributed by atoms with van der Waals surface area (Å²) in [6, 6.07) is 18.2. The highest BCUT2D eigenvalue weighted by atomic mass is 19.1. The number of carbonyl (C=O) groups is 1. The lowest BCUT2D eigenvalue weighted by Crippen LogP contribution is -2.28. The molecule has 0 saturated carbocycles. The SMILES string of the molecule is O=C(NCc1ccc(-n2cccn2)cc1)Nc1ccc(Oc2ccc(F)cc2)nc1. The molecule has 4 aromatic rings. The number of carbonyl (C=O) groups excluding carboxylic acids is 1. The van der Waals surface area contributed by atoms with Crippen molar-refractivity contribution in [2.24, 2.45) is 0 Å². The minimum Gasteiger partial charge on any atom is -0.439 e. The van der Waals surface area contributed by atoms with E-state index in [9.17, 15) is 9.18 Å². The maximum Gasteiger partial charge on any atom is 0.319 e. The zero-order valence-electron chi connectivity index (χ0n) is 15.8. The van der Waals surface area contributed by atoms with Crippen LogP contribution in [0.3, 0.4) is 0 Å². The van der Waals surface area contributed by atoms with E-state index < -0.39 is 0 Å². The number of aromatic nitrogens is 3. The lowest BCUT2D eigenvalue weighted by atomic mass is 10.2. The number of hydrogen-bond acceptors (Lipinski definition) is 4. The summed E-state index contributed by atoms with van der Waals surface area (Å²) in [6.07, 6.45) is 5.07. The van der Waals surface area contributed by atoms with E-state index in [-0.39, 0.29) is 11.8 Å². The zero-order chi connectivity index (χ0) is 20.8. The van der Waals surface area contributed by atoms with Crippen molar-refractivity contribution in [2.45, 2.75) is 6.54 Å². The highest BCUT2D eigenvalue weighted by Gasteiger charge is 2.05. The van der Waals surface area contributed by atoms with Crippen LogP contribution in [0.25, 0.3) is 5.69 Å². The summed E-state index contributed by atoms with van der Waals surface area (Å²) in [5.74, 6) is 0.473. The second-order valence-corrected chi connectivity index (χ2v) is 6.37. The van der Waals surface area contributed by atoms with Gasteiger partial charge in [-0.2, -0.15) is 5.10 Å². The van der Waals surface area contributed by atoms with E-state index >= 15 is 0 Å². The molecule has 0 radical (unpaired) electrons. The van der Waals surface area contributed by atoms with E-state index in [1.54, 1.807) is 23.0 Å². The Balaban J connectivity index is 1.27. The van der Waals surface area contributed by atoms with Gasteiger partial charge < -0.3 is 15.4 Å². The van der Waals surface area contributed by atoms with Gasteiger partial charge in [0, 0.05) is 25.0 Å². The Morgan fingerprint density at radius 1 is 1.03 bits per heavy atom. The molecular formula is C22H18FN5O2. The van der Waals surface area contributed by atoms with Crippen LogP contribution >= 0.6 is 0 Å². The monoisotopic (exact) mass is 403 g/mol. The van der Waals surface area contributed by atoms with Crippen molar-refractivity contribution < 1.29 is 13.9 Å². The number of amides is 2. The third-order valence-corrected chi connectivity index (χ3v) is 4.19. The summed E-state index contributed by atoms with van der Waals surface area (Å²) in [7, 11) is 0. The van der Waals surface area contributed by atoms with Crippen LogP contribution < -0.4 is 15.4 Å². The number of hydrogen-bond donors (Lipinski definition) is 2. The molecule has 0 spiro atoms. The van der Waals surface area contributed by atoms with Gasteiger partial charge in [0.05, 0.1) is 17.6 Å². The quantitative estimate of drug-likeness (QED) is 0.496. The molecule has 2 aromatic carbocycles. The molecule has 0 unspecified atom stereocenters. The van der Waals surface area contributed by atoms with Gasteiger partial charge in [-0.05, 0) is 54.1 Å². The number of benzene rings is 2. The minimum absolute atomic E-state index is 0.338. The summed E-state index contributed by atoms with van der Waals surface area (Å²) >= 11 is 0. The van der Waals surface area contributed by atoms with Crippen LogP contribution in [-0.4, -0.2) is 20.8 Å². The second-order valence-electron chi connectivity index (χ2n) is 6.37. The van der Waals surface area contributed by atoms with Crippen LogP contribution in [-0.2, 0) is 6.54 Å². The second kappa shape index (κ2) is 8.87. The van der Waals surface area contributed by atoms with Gasteiger partial charge in [-0.25, -0.2) is 18.9 Å². The summed E-state index contributed by atoms with van der Waals surface area (Å²) < 4.78 is 20.2. The standard InChI is InChI=1S/C22H18FN5O2/c23-17-4-9-20(10-5-17)30-21-11-6-18(15-24-21)27-22(29)25-14-16-2-7-19(8-3-16)28-13-1-12-26-28/h1-13,15H,14H2,(H2,25,27,29). The molecule has 2 N–H and O–H groups in total. The highest BCUT2D eigenvalue weighted by Crippen LogP contribution is 2.20. The molecule has 2 aromatic heterocycles. The molecule has 7 nitrogen and oxygen atoms in total. The van der Waals surface area contributed by atoms with Gasteiger partial charge in [0.25, 0.3) is 0 Å². The number of anilines is 1. The third kappa shape index (κ3) is 4.99. The maximum atomic E-state index is 12.9. The molecule has 2 heterocycles. The molecule has 2 amide bonds. The number of urea groups is 1. The van der Waals surface area contributed by atoms with E-state index in [1.165, 1.54) is 30.5 Å². The van der Waals surface area contributed by atoms with E-state index in [0.29, 0.717) is 23.9 Å². The lowest BCUT2D eigenvalue weighted by molar-refractivity contribution is 0.251. The molecule has 0 saturated heterocycles. The number of ether oxygens (including phenoxy) is 1. The Hall–Kier alpha value is -4.20. The minimum atomic E-state index is -0.347. The molecule has 150 valence electrons. The van der Waals surface area contributed by atoms with Gasteiger partial charge in [-0.15, -0.1) is 0 Å². The van der Waals surface area contributed by atoms with Crippen molar-refractivity contribution in [1.29, 1.82) is 0 Å². The molecular weight excluding hydrogens is 385 g/mol. The summed E-state index contributed by atoms with van der Waals surface area (Å²) in [6.45, 7) is 0.379. The van der Waals surface area contributed by atoms with Gasteiger partial charge in [0.2, 0.25) is 5.88 Å². The van der Waals surface area contributed by atoms with Crippen molar-refractivity contribution >= 4 is 11.7 Å². The Morgan fingerprint density at radius 2 is 1.83 bits per heavy atom. The number of pyridine rings is 1. The van der Waals surface area contributed by atoms with E-state index in [0.717, 1.165) is 11.3 Å². The molecule has 0 bridgehead atoms. The largest absolute Gasteiger partial charge is 0.439 e. The average molecular weight is 403 g/mol. The maximum absolute atomic E-state index is 12.9. The van der Waals surface area contributed by atoms with Crippen LogP contribution in [0, 0.1) is 5.82 Å². The Labute approximate surface area is 172 Å². The molecule has 0 fully saturated rings. The van der Waals surface area contributed by atoms with Gasteiger partial charge in [0.15, 0.2) is 0 Å². The fraction of sp³-hybridized carbons (Fsp3) is 0.0455. The molecule has 0 atom stereocenters. The summed E-state index contributed by atoms with van der Waals surface area (Å²) in [5.41, 5.74) is 2.43. The van der Waals surface area contributed by atoms with Crippen molar-refractivity contribution in [1.82, 2.24) is 20.1 Å². The van der Waals surface area contributed by atoms with Crippen LogP contribution in [0.15, 0.2) is 85.3 Å². The molecule has 8 heteroatoms. The van der Waals surface area contributed by atoms with Crippen LogP contribution in [0.4, 0.5) is 14.9 Å². The predicted molar refractivity (Wildman–Crippen MR) is 110 cm³/mol. The van der Waals surface area contributed by atoms with Gasteiger partial charge >= 0.3 is 6.03 Å². The first-order valence-corrected chi connectivity index (χ1v) is 9.19. The van der Waals surface area contributed by atoms with E-state index in [2.05, 4.69) is 20.7 Å². The average Bonchev–Trinajstić information content (AvgIpc) is 3.31. The normalized spacial score (nSPS) is 10.4. The fourth-order valence-electron chi connectivity index (χ4n) is 2.68. The Bertz CT molecular complexity index is 1100. The number of halogens is 1. The van der Waals surface area contributed by atoms with Crippen molar-refractivity contribution in [3.63, 3.8) is 0 Å². The van der Waals surface area contributed by atoms with Crippen LogP contribution in [0.5, 0.6) is 11.6 Å². The summed E-state index contributed by atoms with van der Waals surface area (Å²) in [4.78, 5) is 16.3. The predicted octanol–water partition coefficient (Wildman–Crippen LogP) is 4.52. The first kappa shape index (κ1) is 19.1. The Morgan fingerprint density at radius 3 is 2.50 bits per heavy atom. The molecule has 0 aliphatic heterocycles. The fourth-order valence-corrected chi connectivity index (χ4v) is 2.68. The molecule has 0 aliphatic rings. The molecule has 4 rings (SSSR count). The van der Waals surface area contributed by atoms with Gasteiger partial charge in [-0.1, -0.05) is 12.1 Å². The van der Waals surface area contributed by atoms with Crippen LogP contribution in [0.2, 0.25) is 0 Å². The first-order chi connectivity index (χ1) is 14.7. The van der Waals surface area contributed by atoms with E-state index in [1.807, 2.05) is 36.5 Å². The Kier molecular flexibility index (Phi) is 5.66. The van der Waals surface area contributed by atoms with Crippen molar-refractivity contribution in [3.8, 4) is 17.3 Å². The zero-order valence-corrected chi connectivity index (χ0v) is 15.8. The first-order valence-electron chi connectivity index (χ1n) is 9.19. The summed E-state index contributed by atoms with van der Waals surface area (Å²) in [5, 5.41) is 9.68.